The molecule has 1 amide bonds. The summed E-state index contributed by atoms with van der Waals surface area (Å²) < 4.78 is 7.11. The van der Waals surface area contributed by atoms with Crippen LogP contribution in [0.3, 0.4) is 0 Å². The molecule has 0 aliphatic heterocycles. The van der Waals surface area contributed by atoms with Crippen molar-refractivity contribution in [1.29, 1.82) is 0 Å². The Hall–Kier alpha value is -3.67. The van der Waals surface area contributed by atoms with Gasteiger partial charge in [-0.25, -0.2) is 9.50 Å². The molecule has 0 aliphatic carbocycles. The van der Waals surface area contributed by atoms with E-state index in [1.165, 1.54) is 0 Å². The molecule has 6 heteroatoms. The topological polar surface area (TPSA) is 59.7 Å². The van der Waals surface area contributed by atoms with Crippen molar-refractivity contribution >= 4 is 17.2 Å². The third-order valence-electron chi connectivity index (χ3n) is 5.45. The van der Waals surface area contributed by atoms with Gasteiger partial charge in [0.1, 0.15) is 5.75 Å². The SMILES string of the molecule is COc1ccc(-c2nn3c(C)cc(C)nc3c2CC(=O)N(C)c2cccc(C)c2)cc1. The second kappa shape index (κ2) is 8.22. The predicted molar refractivity (Wildman–Crippen MR) is 123 cm³/mol. The number of fused-ring (bicyclic) bond motifs is 1. The van der Waals surface area contributed by atoms with Gasteiger partial charge < -0.3 is 9.64 Å². The average molecular weight is 415 g/mol. The van der Waals surface area contributed by atoms with E-state index in [2.05, 4.69) is 0 Å². The minimum Gasteiger partial charge on any atom is -0.497 e. The van der Waals surface area contributed by atoms with Crippen LogP contribution in [0.25, 0.3) is 16.9 Å². The molecule has 0 radical (unpaired) electrons. The summed E-state index contributed by atoms with van der Waals surface area (Å²) >= 11 is 0. The Kier molecular flexibility index (Phi) is 5.46. The molecule has 0 aliphatic rings. The van der Waals surface area contributed by atoms with Gasteiger partial charge in [0.05, 0.1) is 19.2 Å². The summed E-state index contributed by atoms with van der Waals surface area (Å²) in [6.07, 6.45) is 0.200. The van der Waals surface area contributed by atoms with Crippen LogP contribution in [0.15, 0.2) is 54.6 Å². The van der Waals surface area contributed by atoms with Gasteiger partial charge in [0.15, 0.2) is 5.65 Å². The maximum atomic E-state index is 13.3. The molecular weight excluding hydrogens is 388 g/mol. The number of methoxy groups -OCH3 is 1. The van der Waals surface area contributed by atoms with Crippen molar-refractivity contribution in [2.75, 3.05) is 19.1 Å². The molecule has 0 unspecified atom stereocenters. The smallest absolute Gasteiger partial charge is 0.231 e. The van der Waals surface area contributed by atoms with Gasteiger partial charge in [-0.2, -0.15) is 5.10 Å². The van der Waals surface area contributed by atoms with E-state index in [4.69, 9.17) is 14.8 Å². The zero-order valence-electron chi connectivity index (χ0n) is 18.5. The van der Waals surface area contributed by atoms with Crippen LogP contribution >= 0.6 is 0 Å². The lowest BCUT2D eigenvalue weighted by molar-refractivity contribution is -0.117. The monoisotopic (exact) mass is 414 g/mol. The number of likely N-dealkylation sites (N-methyl/N-ethyl adjacent to an activating group) is 1. The highest BCUT2D eigenvalue weighted by molar-refractivity contribution is 5.96. The zero-order valence-corrected chi connectivity index (χ0v) is 18.5. The maximum absolute atomic E-state index is 13.3. The van der Waals surface area contributed by atoms with Crippen molar-refractivity contribution in [2.24, 2.45) is 0 Å². The van der Waals surface area contributed by atoms with Crippen LogP contribution in [0.4, 0.5) is 5.69 Å². The molecule has 4 aromatic rings. The zero-order chi connectivity index (χ0) is 22.1. The van der Waals surface area contributed by atoms with Crippen molar-refractivity contribution in [3.05, 3.63) is 77.1 Å². The van der Waals surface area contributed by atoms with E-state index in [0.29, 0.717) is 5.65 Å². The molecule has 0 atom stereocenters. The Morgan fingerprint density at radius 3 is 2.48 bits per heavy atom. The van der Waals surface area contributed by atoms with Gasteiger partial charge in [-0.3, -0.25) is 4.79 Å². The molecule has 0 saturated carbocycles. The summed E-state index contributed by atoms with van der Waals surface area (Å²) in [7, 11) is 3.45. The Labute approximate surface area is 182 Å². The van der Waals surface area contributed by atoms with Crippen LogP contribution in [0, 0.1) is 20.8 Å². The van der Waals surface area contributed by atoms with Crippen molar-refractivity contribution < 1.29 is 9.53 Å². The van der Waals surface area contributed by atoms with E-state index in [-0.39, 0.29) is 12.3 Å². The van der Waals surface area contributed by atoms with Gasteiger partial charge in [-0.1, -0.05) is 12.1 Å². The van der Waals surface area contributed by atoms with E-state index in [0.717, 1.165) is 45.2 Å². The molecule has 4 rings (SSSR count). The standard InChI is InChI=1S/C25H26N4O2/c1-16-7-6-8-20(13-16)28(4)23(30)15-22-24(19-9-11-21(31-5)12-10-19)27-29-18(3)14-17(2)26-25(22)29/h6-14H,15H2,1-5H3. The Morgan fingerprint density at radius 1 is 1.06 bits per heavy atom. The molecule has 31 heavy (non-hydrogen) atoms. The lowest BCUT2D eigenvalue weighted by Gasteiger charge is -2.18. The lowest BCUT2D eigenvalue weighted by atomic mass is 10.0. The molecule has 6 nitrogen and oxygen atoms in total. The van der Waals surface area contributed by atoms with Gasteiger partial charge in [-0.15, -0.1) is 0 Å². The highest BCUT2D eigenvalue weighted by Crippen LogP contribution is 2.29. The molecule has 0 saturated heterocycles. The largest absolute Gasteiger partial charge is 0.497 e. The molecule has 2 aromatic heterocycles. The molecule has 0 spiro atoms. The first-order valence-electron chi connectivity index (χ1n) is 10.2. The number of benzene rings is 2. The van der Waals surface area contributed by atoms with Gasteiger partial charge in [0, 0.05) is 35.2 Å². The summed E-state index contributed by atoms with van der Waals surface area (Å²) in [5.74, 6) is 0.755. The fourth-order valence-electron chi connectivity index (χ4n) is 3.76. The Balaban J connectivity index is 1.80. The number of amides is 1. The van der Waals surface area contributed by atoms with Crippen LogP contribution in [0.1, 0.15) is 22.5 Å². The van der Waals surface area contributed by atoms with Crippen LogP contribution in [0.5, 0.6) is 5.75 Å². The van der Waals surface area contributed by atoms with E-state index in [9.17, 15) is 4.79 Å². The number of carbonyl (C=O) groups is 1. The number of hydrogen-bond donors (Lipinski definition) is 0. The van der Waals surface area contributed by atoms with Gasteiger partial charge in [-0.05, 0) is 68.8 Å². The second-order valence-electron chi connectivity index (χ2n) is 7.80. The van der Waals surface area contributed by atoms with E-state index in [1.807, 2.05) is 79.9 Å². The first kappa shape index (κ1) is 20.6. The minimum absolute atomic E-state index is 0.0174. The number of ether oxygens (including phenoxy) is 1. The van der Waals surface area contributed by atoms with Gasteiger partial charge >= 0.3 is 0 Å². The van der Waals surface area contributed by atoms with E-state index in [1.54, 1.807) is 19.1 Å². The first-order valence-corrected chi connectivity index (χ1v) is 10.2. The summed E-state index contributed by atoms with van der Waals surface area (Å²) in [5, 5.41) is 4.82. The average Bonchev–Trinajstić information content (AvgIpc) is 3.11. The fraction of sp³-hybridized carbons (Fsp3) is 0.240. The van der Waals surface area contributed by atoms with Crippen LogP contribution in [0.2, 0.25) is 0 Å². The number of aromatic nitrogens is 3. The fourth-order valence-corrected chi connectivity index (χ4v) is 3.76. The van der Waals surface area contributed by atoms with Crippen LogP contribution in [-0.4, -0.2) is 34.7 Å². The minimum atomic E-state index is -0.0174. The maximum Gasteiger partial charge on any atom is 0.231 e. The summed E-state index contributed by atoms with van der Waals surface area (Å²) in [5.41, 5.74) is 7.07. The molecular formula is C25H26N4O2. The van der Waals surface area contributed by atoms with Gasteiger partial charge in [0.25, 0.3) is 0 Å². The van der Waals surface area contributed by atoms with Crippen molar-refractivity contribution in [3.8, 4) is 17.0 Å². The number of nitrogens with zero attached hydrogens (tertiary/aromatic N) is 4. The van der Waals surface area contributed by atoms with Crippen molar-refractivity contribution in [2.45, 2.75) is 27.2 Å². The first-order chi connectivity index (χ1) is 14.9. The molecule has 0 bridgehead atoms. The second-order valence-corrected chi connectivity index (χ2v) is 7.80. The van der Waals surface area contributed by atoms with Crippen molar-refractivity contribution in [3.63, 3.8) is 0 Å². The number of anilines is 1. The Bertz CT molecular complexity index is 1260. The highest BCUT2D eigenvalue weighted by Gasteiger charge is 2.22. The highest BCUT2D eigenvalue weighted by atomic mass is 16.5. The quantitative estimate of drug-likeness (QED) is 0.481. The number of hydrogen-bond acceptors (Lipinski definition) is 4. The molecule has 2 aromatic carbocycles. The van der Waals surface area contributed by atoms with Gasteiger partial charge in [0.2, 0.25) is 5.91 Å². The van der Waals surface area contributed by atoms with E-state index < -0.39 is 0 Å². The molecule has 158 valence electrons. The number of aryl methyl sites for hydroxylation is 3. The molecule has 0 N–H and O–H groups in total. The third kappa shape index (κ3) is 4.01. The molecule has 0 fully saturated rings. The summed E-state index contributed by atoms with van der Waals surface area (Å²) in [6.45, 7) is 5.97. The number of rotatable bonds is 5. The normalized spacial score (nSPS) is 11.0. The third-order valence-corrected chi connectivity index (χ3v) is 5.45. The lowest BCUT2D eigenvalue weighted by Crippen LogP contribution is -2.28. The predicted octanol–water partition coefficient (Wildman–Crippen LogP) is 4.54. The number of carbonyl (C=O) groups excluding carboxylic acids is 1. The Morgan fingerprint density at radius 2 is 1.81 bits per heavy atom. The summed E-state index contributed by atoms with van der Waals surface area (Å²) in [4.78, 5) is 19.7. The van der Waals surface area contributed by atoms with E-state index >= 15 is 0 Å². The van der Waals surface area contributed by atoms with Crippen LogP contribution in [-0.2, 0) is 11.2 Å². The van der Waals surface area contributed by atoms with Crippen molar-refractivity contribution in [1.82, 2.24) is 14.6 Å². The molecule has 2 heterocycles. The van der Waals surface area contributed by atoms with Crippen LogP contribution < -0.4 is 9.64 Å². The summed E-state index contributed by atoms with van der Waals surface area (Å²) in [6, 6.07) is 17.6.